The van der Waals surface area contributed by atoms with Crippen LogP contribution in [0.15, 0.2) is 18.2 Å². The van der Waals surface area contributed by atoms with Gasteiger partial charge in [0.1, 0.15) is 5.82 Å². The number of nitrogen functional groups attached to an aromatic ring is 1. The Bertz CT molecular complexity index is 822. The SMILES string of the molecule is COC(=O)c1nc(-c2ccc(C(F)(F)F)c(F)c2C)cc(N)c1Cl. The second kappa shape index (κ2) is 6.27. The maximum Gasteiger partial charge on any atom is 0.419 e. The van der Waals surface area contributed by atoms with Crippen LogP contribution in [0.25, 0.3) is 11.3 Å². The zero-order valence-electron chi connectivity index (χ0n) is 12.5. The minimum Gasteiger partial charge on any atom is -0.464 e. The van der Waals surface area contributed by atoms with Gasteiger partial charge in [-0.05, 0) is 24.6 Å². The molecule has 2 N–H and O–H groups in total. The van der Waals surface area contributed by atoms with Gasteiger partial charge in [-0.3, -0.25) is 0 Å². The van der Waals surface area contributed by atoms with Gasteiger partial charge in [0, 0.05) is 5.56 Å². The number of carbonyl (C=O) groups is 1. The molecule has 24 heavy (non-hydrogen) atoms. The maximum atomic E-state index is 14.1. The predicted octanol–water partition coefficient (Wildman–Crippen LogP) is 4.24. The van der Waals surface area contributed by atoms with Crippen molar-refractivity contribution in [2.24, 2.45) is 0 Å². The molecule has 2 rings (SSSR count). The standard InChI is InChI=1S/C15H11ClF4N2O2/c1-6-7(3-4-8(12(6)17)15(18,19)20)10-5-9(21)11(16)13(22-10)14(23)24-2/h3-5H,1-2H3,(H2,21,22). The minimum absolute atomic E-state index is 0.00224. The molecule has 0 fully saturated rings. The highest BCUT2D eigenvalue weighted by molar-refractivity contribution is 6.35. The van der Waals surface area contributed by atoms with Gasteiger partial charge in [0.25, 0.3) is 0 Å². The molecule has 0 amide bonds. The first-order valence-corrected chi connectivity index (χ1v) is 6.86. The number of aromatic nitrogens is 1. The molecule has 0 radical (unpaired) electrons. The van der Waals surface area contributed by atoms with Crippen LogP contribution in [0.5, 0.6) is 0 Å². The summed E-state index contributed by atoms with van der Waals surface area (Å²) in [6.45, 7) is 1.17. The highest BCUT2D eigenvalue weighted by Crippen LogP contribution is 2.36. The number of methoxy groups -OCH3 is 1. The molecule has 0 saturated heterocycles. The van der Waals surface area contributed by atoms with E-state index in [-0.39, 0.29) is 33.2 Å². The quantitative estimate of drug-likeness (QED) is 0.641. The van der Waals surface area contributed by atoms with Crippen LogP contribution >= 0.6 is 11.6 Å². The van der Waals surface area contributed by atoms with E-state index in [0.717, 1.165) is 13.2 Å². The van der Waals surface area contributed by atoms with Crippen molar-refractivity contribution in [3.05, 3.63) is 45.9 Å². The number of benzene rings is 1. The molecular formula is C15H11ClF4N2O2. The van der Waals surface area contributed by atoms with Crippen molar-refractivity contribution in [3.8, 4) is 11.3 Å². The topological polar surface area (TPSA) is 65.2 Å². The molecule has 0 aliphatic rings. The number of esters is 1. The van der Waals surface area contributed by atoms with Crippen LogP contribution in [0, 0.1) is 12.7 Å². The summed E-state index contributed by atoms with van der Waals surface area (Å²) in [4.78, 5) is 15.6. The third-order valence-corrected chi connectivity index (χ3v) is 3.73. The largest absolute Gasteiger partial charge is 0.464 e. The number of anilines is 1. The van der Waals surface area contributed by atoms with Crippen LogP contribution in [-0.2, 0) is 10.9 Å². The first-order valence-electron chi connectivity index (χ1n) is 6.49. The van der Waals surface area contributed by atoms with Gasteiger partial charge in [0.2, 0.25) is 0 Å². The molecule has 1 aromatic carbocycles. The van der Waals surface area contributed by atoms with Crippen LogP contribution in [0.2, 0.25) is 5.02 Å². The van der Waals surface area contributed by atoms with Crippen LogP contribution in [0.4, 0.5) is 23.2 Å². The molecule has 0 unspecified atom stereocenters. The summed E-state index contributed by atoms with van der Waals surface area (Å²) in [5, 5.41) is -0.157. The average Bonchev–Trinajstić information content (AvgIpc) is 2.50. The number of nitrogens with zero attached hydrogens (tertiary/aromatic N) is 1. The fraction of sp³-hybridized carbons (Fsp3) is 0.200. The molecular weight excluding hydrogens is 352 g/mol. The lowest BCUT2D eigenvalue weighted by Crippen LogP contribution is -2.11. The molecule has 0 atom stereocenters. The Balaban J connectivity index is 2.68. The fourth-order valence-electron chi connectivity index (χ4n) is 2.10. The van der Waals surface area contributed by atoms with Gasteiger partial charge in [-0.2, -0.15) is 13.2 Å². The number of nitrogens with two attached hydrogens (primary N) is 1. The third-order valence-electron chi connectivity index (χ3n) is 3.33. The fourth-order valence-corrected chi connectivity index (χ4v) is 2.27. The zero-order chi connectivity index (χ0) is 18.2. The number of alkyl halides is 3. The van der Waals surface area contributed by atoms with E-state index in [9.17, 15) is 22.4 Å². The van der Waals surface area contributed by atoms with E-state index in [1.54, 1.807) is 0 Å². The van der Waals surface area contributed by atoms with Gasteiger partial charge in [0.15, 0.2) is 5.69 Å². The summed E-state index contributed by atoms with van der Waals surface area (Å²) >= 11 is 5.87. The molecule has 128 valence electrons. The first-order chi connectivity index (χ1) is 11.1. The molecule has 2 aromatic rings. The lowest BCUT2D eigenvalue weighted by atomic mass is 10.00. The lowest BCUT2D eigenvalue weighted by molar-refractivity contribution is -0.140. The predicted molar refractivity (Wildman–Crippen MR) is 80.1 cm³/mol. The highest BCUT2D eigenvalue weighted by atomic mass is 35.5. The van der Waals surface area contributed by atoms with E-state index in [1.165, 1.54) is 13.0 Å². The number of hydrogen-bond donors (Lipinski definition) is 1. The molecule has 0 bridgehead atoms. The number of ether oxygens (including phenoxy) is 1. The maximum absolute atomic E-state index is 14.1. The van der Waals surface area contributed by atoms with Crippen LogP contribution in [0.3, 0.4) is 0 Å². The molecule has 1 heterocycles. The van der Waals surface area contributed by atoms with Gasteiger partial charge in [-0.1, -0.05) is 17.7 Å². The number of halogens is 5. The monoisotopic (exact) mass is 362 g/mol. The van der Waals surface area contributed by atoms with Crippen LogP contribution in [-0.4, -0.2) is 18.1 Å². The Labute approximate surface area is 139 Å². The Kier molecular flexibility index (Phi) is 4.70. The van der Waals surface area contributed by atoms with Crippen molar-refractivity contribution < 1.29 is 27.1 Å². The van der Waals surface area contributed by atoms with E-state index >= 15 is 0 Å². The minimum atomic E-state index is -4.82. The number of carbonyl (C=O) groups excluding carboxylic acids is 1. The van der Waals surface area contributed by atoms with Crippen molar-refractivity contribution in [1.82, 2.24) is 4.98 Å². The van der Waals surface area contributed by atoms with Crippen molar-refractivity contribution in [3.63, 3.8) is 0 Å². The van der Waals surface area contributed by atoms with Crippen molar-refractivity contribution in [2.75, 3.05) is 12.8 Å². The summed E-state index contributed by atoms with van der Waals surface area (Å²) in [5.74, 6) is -2.30. The first kappa shape index (κ1) is 18.0. The smallest absolute Gasteiger partial charge is 0.419 e. The second-order valence-corrected chi connectivity index (χ2v) is 5.23. The lowest BCUT2D eigenvalue weighted by Gasteiger charge is -2.14. The Morgan fingerprint density at radius 3 is 2.50 bits per heavy atom. The molecule has 0 spiro atoms. The van der Waals surface area contributed by atoms with Crippen molar-refractivity contribution >= 4 is 23.3 Å². The van der Waals surface area contributed by atoms with Gasteiger partial charge in [0.05, 0.1) is 29.1 Å². The van der Waals surface area contributed by atoms with E-state index in [0.29, 0.717) is 6.07 Å². The Morgan fingerprint density at radius 1 is 1.33 bits per heavy atom. The number of pyridine rings is 1. The highest BCUT2D eigenvalue weighted by Gasteiger charge is 2.35. The summed E-state index contributed by atoms with van der Waals surface area (Å²) in [6, 6.07) is 2.89. The summed E-state index contributed by atoms with van der Waals surface area (Å²) < 4.78 is 56.8. The number of hydrogen-bond acceptors (Lipinski definition) is 4. The molecule has 0 aliphatic heterocycles. The molecule has 1 aromatic heterocycles. The van der Waals surface area contributed by atoms with E-state index in [2.05, 4.69) is 9.72 Å². The summed E-state index contributed by atoms with van der Waals surface area (Å²) in [5.41, 5.74) is 3.71. The van der Waals surface area contributed by atoms with Crippen molar-refractivity contribution in [1.29, 1.82) is 0 Å². The molecule has 9 heteroatoms. The average molecular weight is 363 g/mol. The van der Waals surface area contributed by atoms with Crippen molar-refractivity contribution in [2.45, 2.75) is 13.1 Å². The number of rotatable bonds is 2. The Morgan fingerprint density at radius 2 is 1.96 bits per heavy atom. The molecule has 0 saturated carbocycles. The molecule has 4 nitrogen and oxygen atoms in total. The van der Waals surface area contributed by atoms with E-state index in [1.807, 2.05) is 0 Å². The second-order valence-electron chi connectivity index (χ2n) is 4.85. The summed E-state index contributed by atoms with van der Waals surface area (Å²) in [7, 11) is 1.10. The van der Waals surface area contributed by atoms with Gasteiger partial charge in [-0.25, -0.2) is 14.2 Å². The van der Waals surface area contributed by atoms with Gasteiger partial charge in [-0.15, -0.1) is 0 Å². The van der Waals surface area contributed by atoms with Gasteiger partial charge < -0.3 is 10.5 Å². The van der Waals surface area contributed by atoms with Crippen LogP contribution < -0.4 is 5.73 Å². The normalized spacial score (nSPS) is 11.5. The van der Waals surface area contributed by atoms with E-state index in [4.69, 9.17) is 17.3 Å². The Hall–Kier alpha value is -2.35. The third kappa shape index (κ3) is 3.14. The van der Waals surface area contributed by atoms with Crippen LogP contribution in [0.1, 0.15) is 21.6 Å². The van der Waals surface area contributed by atoms with E-state index < -0.39 is 23.5 Å². The van der Waals surface area contributed by atoms with Gasteiger partial charge >= 0.3 is 12.1 Å². The summed E-state index contributed by atoms with van der Waals surface area (Å²) in [6.07, 6.45) is -4.82. The molecule has 0 aliphatic carbocycles. The zero-order valence-corrected chi connectivity index (χ0v) is 13.2.